The third-order valence-electron chi connectivity index (χ3n) is 7.35. The SMILES string of the molecule is CC(C)c1cc(-c2ccc3nc(Cc4cc(CN5CCN(C(=O)C6CC6)CC5)ccn4)[nH]c3c2)ncn1. The predicted octanol–water partition coefficient (Wildman–Crippen LogP) is 4.18. The van der Waals surface area contributed by atoms with Crippen molar-refractivity contribution < 1.29 is 4.79 Å². The van der Waals surface area contributed by atoms with Gasteiger partial charge in [-0.1, -0.05) is 19.9 Å². The Balaban J connectivity index is 1.12. The van der Waals surface area contributed by atoms with Gasteiger partial charge in [0.2, 0.25) is 5.91 Å². The number of rotatable bonds is 7. The number of aromatic nitrogens is 5. The van der Waals surface area contributed by atoms with E-state index in [1.54, 1.807) is 6.33 Å². The molecule has 1 aliphatic carbocycles. The molecule has 1 N–H and O–H groups in total. The Kier molecular flexibility index (Phi) is 6.42. The van der Waals surface area contributed by atoms with Crippen molar-refractivity contribution in [3.63, 3.8) is 0 Å². The minimum Gasteiger partial charge on any atom is -0.342 e. The number of hydrogen-bond donors (Lipinski definition) is 1. The van der Waals surface area contributed by atoms with E-state index in [1.165, 1.54) is 5.56 Å². The summed E-state index contributed by atoms with van der Waals surface area (Å²) in [5.41, 5.74) is 7.18. The molecule has 1 amide bonds. The van der Waals surface area contributed by atoms with Crippen LogP contribution in [-0.4, -0.2) is 66.8 Å². The van der Waals surface area contributed by atoms with Gasteiger partial charge in [-0.3, -0.25) is 14.7 Å². The van der Waals surface area contributed by atoms with Crippen molar-refractivity contribution in [1.29, 1.82) is 0 Å². The molecule has 1 saturated heterocycles. The number of nitrogens with zero attached hydrogens (tertiary/aromatic N) is 6. The molecule has 2 aliphatic rings. The van der Waals surface area contributed by atoms with Crippen LogP contribution in [0.15, 0.2) is 48.9 Å². The standard InChI is InChI=1S/C29H33N7O/c1-19(2)25-16-26(32-18-31-25)22-5-6-24-27(14-22)34-28(33-24)15-23-13-20(7-8-30-23)17-35-9-11-36(12-10-35)29(37)21-3-4-21/h5-8,13-14,16,18-19,21H,3-4,9-12,15,17H2,1-2H3,(H,33,34). The smallest absolute Gasteiger partial charge is 0.225 e. The Morgan fingerprint density at radius 1 is 1.03 bits per heavy atom. The fraction of sp³-hybridized carbons (Fsp3) is 0.414. The summed E-state index contributed by atoms with van der Waals surface area (Å²) >= 11 is 0. The molecule has 37 heavy (non-hydrogen) atoms. The van der Waals surface area contributed by atoms with Crippen molar-refractivity contribution in [1.82, 2.24) is 34.7 Å². The number of amides is 1. The number of hydrogen-bond acceptors (Lipinski definition) is 6. The summed E-state index contributed by atoms with van der Waals surface area (Å²) in [5, 5.41) is 0. The van der Waals surface area contributed by atoms with Gasteiger partial charge in [0.15, 0.2) is 0 Å². The Morgan fingerprint density at radius 2 is 1.86 bits per heavy atom. The molecule has 1 aromatic carbocycles. The highest BCUT2D eigenvalue weighted by Gasteiger charge is 2.34. The van der Waals surface area contributed by atoms with Gasteiger partial charge in [-0.2, -0.15) is 0 Å². The molecule has 0 unspecified atom stereocenters. The maximum absolute atomic E-state index is 12.3. The van der Waals surface area contributed by atoms with Crippen molar-refractivity contribution in [3.8, 4) is 11.3 Å². The predicted molar refractivity (Wildman–Crippen MR) is 143 cm³/mol. The molecule has 8 heteroatoms. The first-order valence-electron chi connectivity index (χ1n) is 13.3. The maximum atomic E-state index is 12.3. The number of H-pyrrole nitrogens is 1. The highest BCUT2D eigenvalue weighted by atomic mass is 16.2. The zero-order valence-corrected chi connectivity index (χ0v) is 21.5. The number of benzene rings is 1. The first-order chi connectivity index (χ1) is 18.0. The molecule has 0 spiro atoms. The van der Waals surface area contributed by atoms with E-state index >= 15 is 0 Å². The van der Waals surface area contributed by atoms with Gasteiger partial charge in [-0.15, -0.1) is 0 Å². The van der Waals surface area contributed by atoms with Crippen LogP contribution in [0.25, 0.3) is 22.3 Å². The van der Waals surface area contributed by atoms with E-state index in [-0.39, 0.29) is 0 Å². The minimum absolute atomic E-state index is 0.309. The molecule has 3 aromatic heterocycles. The van der Waals surface area contributed by atoms with Crippen LogP contribution < -0.4 is 0 Å². The maximum Gasteiger partial charge on any atom is 0.225 e. The van der Waals surface area contributed by atoms with E-state index in [9.17, 15) is 4.79 Å². The lowest BCUT2D eigenvalue weighted by molar-refractivity contribution is -0.134. The van der Waals surface area contributed by atoms with Crippen molar-refractivity contribution in [2.45, 2.75) is 45.6 Å². The first-order valence-corrected chi connectivity index (χ1v) is 13.3. The molecule has 0 bridgehead atoms. The molecule has 1 aliphatic heterocycles. The van der Waals surface area contributed by atoms with Crippen molar-refractivity contribution in [3.05, 3.63) is 71.7 Å². The van der Waals surface area contributed by atoms with Crippen LogP contribution in [0, 0.1) is 5.92 Å². The van der Waals surface area contributed by atoms with Crippen LogP contribution in [0.1, 0.15) is 55.4 Å². The van der Waals surface area contributed by atoms with Gasteiger partial charge < -0.3 is 9.88 Å². The van der Waals surface area contributed by atoms with Gasteiger partial charge in [0, 0.05) is 68.2 Å². The fourth-order valence-electron chi connectivity index (χ4n) is 5.02. The number of fused-ring (bicyclic) bond motifs is 1. The zero-order chi connectivity index (χ0) is 25.4. The molecule has 4 heterocycles. The highest BCUT2D eigenvalue weighted by molar-refractivity contribution is 5.81. The summed E-state index contributed by atoms with van der Waals surface area (Å²) in [6.45, 7) is 8.67. The average molecular weight is 496 g/mol. The van der Waals surface area contributed by atoms with Crippen LogP contribution >= 0.6 is 0 Å². The molecule has 4 aromatic rings. The van der Waals surface area contributed by atoms with Crippen LogP contribution in [-0.2, 0) is 17.8 Å². The van der Waals surface area contributed by atoms with Crippen LogP contribution in [0.3, 0.4) is 0 Å². The second-order valence-electron chi connectivity index (χ2n) is 10.6. The van der Waals surface area contributed by atoms with Crippen molar-refractivity contribution in [2.24, 2.45) is 5.92 Å². The van der Waals surface area contributed by atoms with Gasteiger partial charge in [0.25, 0.3) is 0 Å². The molecule has 0 atom stereocenters. The summed E-state index contributed by atoms with van der Waals surface area (Å²) < 4.78 is 0. The number of carbonyl (C=O) groups excluding carboxylic acids is 1. The number of imidazole rings is 1. The Morgan fingerprint density at radius 3 is 2.65 bits per heavy atom. The summed E-state index contributed by atoms with van der Waals surface area (Å²) in [4.78, 5) is 38.5. The van der Waals surface area contributed by atoms with Gasteiger partial charge in [-0.05, 0) is 54.7 Å². The number of aromatic amines is 1. The highest BCUT2D eigenvalue weighted by Crippen LogP contribution is 2.31. The Labute approximate surface area is 217 Å². The summed E-state index contributed by atoms with van der Waals surface area (Å²) in [7, 11) is 0. The third-order valence-corrected chi connectivity index (χ3v) is 7.35. The molecule has 190 valence electrons. The quantitative estimate of drug-likeness (QED) is 0.414. The second-order valence-corrected chi connectivity index (χ2v) is 10.6. The van der Waals surface area contributed by atoms with Crippen molar-refractivity contribution >= 4 is 16.9 Å². The molecular formula is C29H33N7O. The molecule has 1 saturated carbocycles. The van der Waals surface area contributed by atoms with E-state index in [0.29, 0.717) is 24.2 Å². The molecular weight excluding hydrogens is 462 g/mol. The van der Waals surface area contributed by atoms with E-state index in [0.717, 1.165) is 85.1 Å². The van der Waals surface area contributed by atoms with Crippen LogP contribution in [0.2, 0.25) is 0 Å². The monoisotopic (exact) mass is 495 g/mol. The topological polar surface area (TPSA) is 90.9 Å². The van der Waals surface area contributed by atoms with Gasteiger partial charge >= 0.3 is 0 Å². The number of carbonyl (C=O) groups is 1. The average Bonchev–Trinajstić information content (AvgIpc) is 3.68. The fourth-order valence-corrected chi connectivity index (χ4v) is 5.02. The van der Waals surface area contributed by atoms with E-state index in [4.69, 9.17) is 4.98 Å². The van der Waals surface area contributed by atoms with Gasteiger partial charge in [-0.25, -0.2) is 15.0 Å². The lowest BCUT2D eigenvalue weighted by atomic mass is 10.1. The largest absolute Gasteiger partial charge is 0.342 e. The van der Waals surface area contributed by atoms with Crippen LogP contribution in [0.5, 0.6) is 0 Å². The number of nitrogens with one attached hydrogen (secondary N) is 1. The normalized spacial score (nSPS) is 16.6. The second kappa shape index (κ2) is 10.0. The third kappa shape index (κ3) is 5.39. The molecule has 0 radical (unpaired) electrons. The number of piperazine rings is 1. The summed E-state index contributed by atoms with van der Waals surface area (Å²) in [6.07, 6.45) is 6.32. The lowest BCUT2D eigenvalue weighted by Crippen LogP contribution is -2.48. The summed E-state index contributed by atoms with van der Waals surface area (Å²) in [6, 6.07) is 12.5. The van der Waals surface area contributed by atoms with E-state index in [2.05, 4.69) is 69.0 Å². The Hall–Kier alpha value is -3.65. The lowest BCUT2D eigenvalue weighted by Gasteiger charge is -2.35. The van der Waals surface area contributed by atoms with Crippen molar-refractivity contribution in [2.75, 3.05) is 26.2 Å². The Bertz CT molecular complexity index is 1420. The van der Waals surface area contributed by atoms with Gasteiger partial charge in [0.05, 0.1) is 16.7 Å². The van der Waals surface area contributed by atoms with E-state index in [1.807, 2.05) is 17.2 Å². The number of pyridine rings is 1. The zero-order valence-electron chi connectivity index (χ0n) is 21.5. The van der Waals surface area contributed by atoms with E-state index < -0.39 is 0 Å². The first kappa shape index (κ1) is 23.7. The molecule has 8 nitrogen and oxygen atoms in total. The molecule has 2 fully saturated rings. The summed E-state index contributed by atoms with van der Waals surface area (Å²) in [5.74, 6) is 1.92. The molecule has 6 rings (SSSR count). The minimum atomic E-state index is 0.309. The van der Waals surface area contributed by atoms with Gasteiger partial charge in [0.1, 0.15) is 12.2 Å². The van der Waals surface area contributed by atoms with Crippen LogP contribution in [0.4, 0.5) is 0 Å².